The van der Waals surface area contributed by atoms with Crippen LogP contribution < -0.4 is 0 Å². The fraction of sp³-hybridized carbons (Fsp3) is 1.00. The first-order valence-corrected chi connectivity index (χ1v) is 24.8. The van der Waals surface area contributed by atoms with Gasteiger partial charge in [-0.05, 0) is 57.8 Å². The lowest BCUT2D eigenvalue weighted by atomic mass is 10.0. The molecule has 0 N–H and O–H groups in total. The SMILES string of the molecule is CCCOCC[Si]1(C2CCCCC2)O[Si](CCOCCC)(C2CCCCC2)O[Si](CCOCCC)(C2CCCCC2)O1. The number of rotatable bonds is 18. The van der Waals surface area contributed by atoms with Crippen LogP contribution in [0.5, 0.6) is 0 Å². The third-order valence-electron chi connectivity index (χ3n) is 10.5. The fourth-order valence-corrected chi connectivity index (χ4v) is 29.8. The molecular weight excluding hydrogens is 577 g/mol. The van der Waals surface area contributed by atoms with Crippen LogP contribution in [0.3, 0.4) is 0 Å². The Hall–Kier alpha value is 0.411. The van der Waals surface area contributed by atoms with Crippen molar-refractivity contribution >= 4 is 25.7 Å². The molecule has 3 aliphatic carbocycles. The van der Waals surface area contributed by atoms with Crippen LogP contribution in [-0.2, 0) is 26.6 Å². The van der Waals surface area contributed by atoms with Crippen LogP contribution in [0.2, 0.25) is 34.8 Å². The predicted molar refractivity (Wildman–Crippen MR) is 179 cm³/mol. The standard InChI is InChI=1S/C33H66O6Si3/c1-4-22-34-25-28-40(31-16-10-7-11-17-31)37-41(29-26-35-23-5-2,32-18-12-8-13-19-32)39-42(38-40,30-27-36-24-6-3)33-20-14-9-15-21-33/h31-33H,4-30H2,1-3H3. The summed E-state index contributed by atoms with van der Waals surface area (Å²) in [7, 11) is -7.94. The van der Waals surface area contributed by atoms with Gasteiger partial charge in [0, 0.05) is 74.4 Å². The molecule has 0 aromatic rings. The Bertz CT molecular complexity index is 623. The Kier molecular flexibility index (Phi) is 15.6. The molecule has 246 valence electrons. The van der Waals surface area contributed by atoms with Crippen molar-refractivity contribution < 1.29 is 26.6 Å². The van der Waals surface area contributed by atoms with Crippen molar-refractivity contribution in [3.8, 4) is 0 Å². The summed E-state index contributed by atoms with van der Waals surface area (Å²) >= 11 is 0. The first-order chi connectivity index (χ1) is 20.6. The smallest absolute Gasteiger partial charge is 0.326 e. The first-order valence-electron chi connectivity index (χ1n) is 18.5. The molecular formula is C33H66O6Si3. The topological polar surface area (TPSA) is 55.4 Å². The molecule has 4 fully saturated rings. The van der Waals surface area contributed by atoms with Gasteiger partial charge in [0.1, 0.15) is 0 Å². The molecule has 0 bridgehead atoms. The Balaban J connectivity index is 1.78. The van der Waals surface area contributed by atoms with Gasteiger partial charge in [-0.25, -0.2) is 0 Å². The van der Waals surface area contributed by atoms with E-state index in [0.717, 1.165) is 77.0 Å². The van der Waals surface area contributed by atoms with E-state index in [-0.39, 0.29) is 0 Å². The van der Waals surface area contributed by atoms with Gasteiger partial charge in [0.15, 0.2) is 0 Å². The summed E-state index contributed by atoms with van der Waals surface area (Å²) in [6.45, 7) is 11.5. The van der Waals surface area contributed by atoms with Crippen molar-refractivity contribution in [2.45, 2.75) is 171 Å². The molecule has 1 heterocycles. The third kappa shape index (κ3) is 9.47. The van der Waals surface area contributed by atoms with Gasteiger partial charge in [-0.2, -0.15) is 0 Å². The van der Waals surface area contributed by atoms with Crippen LogP contribution in [0.1, 0.15) is 136 Å². The summed E-state index contributed by atoms with van der Waals surface area (Å²) in [5, 5.41) is 0. The fourth-order valence-electron chi connectivity index (χ4n) is 8.37. The van der Waals surface area contributed by atoms with E-state index in [1.54, 1.807) is 0 Å². The van der Waals surface area contributed by atoms with E-state index in [0.29, 0.717) is 16.6 Å². The Morgan fingerprint density at radius 2 is 0.667 bits per heavy atom. The van der Waals surface area contributed by atoms with E-state index in [2.05, 4.69) is 20.8 Å². The lowest BCUT2D eigenvalue weighted by Gasteiger charge is -2.60. The molecule has 6 nitrogen and oxygen atoms in total. The summed E-state index contributed by atoms with van der Waals surface area (Å²) in [5.74, 6) is 0. The molecule has 0 radical (unpaired) electrons. The summed E-state index contributed by atoms with van der Waals surface area (Å²) in [6.07, 6.45) is 22.8. The minimum atomic E-state index is -2.65. The normalized spacial score (nSPS) is 32.4. The van der Waals surface area contributed by atoms with E-state index in [1.807, 2.05) is 0 Å². The lowest BCUT2D eigenvalue weighted by Crippen LogP contribution is -2.74. The molecule has 1 aliphatic heterocycles. The Morgan fingerprint density at radius 3 is 0.905 bits per heavy atom. The van der Waals surface area contributed by atoms with Crippen LogP contribution in [-0.4, -0.2) is 65.3 Å². The van der Waals surface area contributed by atoms with Crippen LogP contribution in [0, 0.1) is 0 Å². The zero-order chi connectivity index (χ0) is 29.6. The predicted octanol–water partition coefficient (Wildman–Crippen LogP) is 9.66. The minimum Gasteiger partial charge on any atom is -0.415 e. The quantitative estimate of drug-likeness (QED) is 0.110. The van der Waals surface area contributed by atoms with Gasteiger partial charge in [0.2, 0.25) is 0 Å². The number of hydrogen-bond acceptors (Lipinski definition) is 6. The van der Waals surface area contributed by atoms with Crippen LogP contribution in [0.4, 0.5) is 0 Å². The summed E-state index contributed by atoms with van der Waals surface area (Å²) in [6, 6.07) is 2.95. The van der Waals surface area contributed by atoms with Gasteiger partial charge < -0.3 is 26.6 Å². The molecule has 0 atom stereocenters. The van der Waals surface area contributed by atoms with E-state index < -0.39 is 25.7 Å². The molecule has 0 unspecified atom stereocenters. The maximum absolute atomic E-state index is 7.94. The highest BCUT2D eigenvalue weighted by Gasteiger charge is 2.67. The van der Waals surface area contributed by atoms with Gasteiger partial charge in [-0.15, -0.1) is 0 Å². The molecule has 4 rings (SSSR count). The van der Waals surface area contributed by atoms with Crippen LogP contribution in [0.25, 0.3) is 0 Å². The number of ether oxygens (including phenoxy) is 3. The van der Waals surface area contributed by atoms with E-state index in [9.17, 15) is 0 Å². The average molecular weight is 643 g/mol. The Morgan fingerprint density at radius 1 is 0.405 bits per heavy atom. The van der Waals surface area contributed by atoms with Gasteiger partial charge in [0.05, 0.1) is 0 Å². The number of hydrogen-bond donors (Lipinski definition) is 0. The van der Waals surface area contributed by atoms with Crippen molar-refractivity contribution in [3.63, 3.8) is 0 Å². The second kappa shape index (κ2) is 18.5. The molecule has 0 aromatic carbocycles. The van der Waals surface area contributed by atoms with Crippen molar-refractivity contribution in [2.75, 3.05) is 39.6 Å². The molecule has 1 saturated heterocycles. The maximum Gasteiger partial charge on any atom is 0.326 e. The second-order valence-electron chi connectivity index (χ2n) is 13.8. The maximum atomic E-state index is 7.94. The summed E-state index contributed by atoms with van der Waals surface area (Å²) in [5.41, 5.74) is 1.71. The van der Waals surface area contributed by atoms with Crippen molar-refractivity contribution in [1.29, 1.82) is 0 Å². The monoisotopic (exact) mass is 642 g/mol. The third-order valence-corrected chi connectivity index (χ3v) is 27.0. The first kappa shape index (κ1) is 35.3. The molecule has 0 spiro atoms. The van der Waals surface area contributed by atoms with E-state index >= 15 is 0 Å². The lowest BCUT2D eigenvalue weighted by molar-refractivity contribution is 0.108. The average Bonchev–Trinajstić information content (AvgIpc) is 3.05. The van der Waals surface area contributed by atoms with E-state index in [1.165, 1.54) is 96.3 Å². The highest BCUT2D eigenvalue weighted by Crippen LogP contribution is 2.56. The van der Waals surface area contributed by atoms with Gasteiger partial charge in [-0.1, -0.05) is 78.6 Å². The van der Waals surface area contributed by atoms with Crippen molar-refractivity contribution in [3.05, 3.63) is 0 Å². The summed E-state index contributed by atoms with van der Waals surface area (Å²) < 4.78 is 42.6. The van der Waals surface area contributed by atoms with Crippen molar-refractivity contribution in [2.24, 2.45) is 0 Å². The minimum absolute atomic E-state index is 0.569. The molecule has 3 saturated carbocycles. The molecule has 0 aromatic heterocycles. The van der Waals surface area contributed by atoms with Crippen molar-refractivity contribution in [1.82, 2.24) is 0 Å². The highest BCUT2D eigenvalue weighted by atomic mass is 28.5. The van der Waals surface area contributed by atoms with E-state index in [4.69, 9.17) is 26.6 Å². The summed E-state index contributed by atoms with van der Waals surface area (Å²) in [4.78, 5) is 0. The van der Waals surface area contributed by atoms with Gasteiger partial charge >= 0.3 is 25.7 Å². The zero-order valence-electron chi connectivity index (χ0n) is 27.8. The molecule has 42 heavy (non-hydrogen) atoms. The highest BCUT2D eigenvalue weighted by molar-refractivity contribution is 6.96. The zero-order valence-corrected chi connectivity index (χ0v) is 30.8. The molecule has 0 amide bonds. The largest absolute Gasteiger partial charge is 0.415 e. The molecule has 4 aliphatic rings. The van der Waals surface area contributed by atoms with Gasteiger partial charge in [-0.3, -0.25) is 0 Å². The van der Waals surface area contributed by atoms with Gasteiger partial charge in [0.25, 0.3) is 0 Å². The second-order valence-corrected chi connectivity index (χ2v) is 25.1. The Labute approximate surface area is 262 Å². The van der Waals surface area contributed by atoms with Crippen LogP contribution in [0.15, 0.2) is 0 Å². The van der Waals surface area contributed by atoms with Crippen LogP contribution >= 0.6 is 0 Å². The molecule has 9 heteroatoms.